The maximum absolute atomic E-state index is 10.3. The van der Waals surface area contributed by atoms with Gasteiger partial charge in [-0.25, -0.2) is 0 Å². The molecule has 15 heavy (non-hydrogen) atoms. The van der Waals surface area contributed by atoms with Crippen molar-refractivity contribution in [2.45, 2.75) is 51.6 Å². The van der Waals surface area contributed by atoms with Gasteiger partial charge >= 0.3 is 0 Å². The second-order valence-corrected chi connectivity index (χ2v) is 5.62. The van der Waals surface area contributed by atoms with Gasteiger partial charge in [-0.3, -0.25) is 0 Å². The van der Waals surface area contributed by atoms with Crippen LogP contribution < -0.4 is 5.32 Å². The van der Waals surface area contributed by atoms with E-state index in [-0.39, 0.29) is 6.10 Å². The molecule has 2 rings (SSSR count). The highest BCUT2D eigenvalue weighted by molar-refractivity contribution is 4.83. The molecule has 2 heteroatoms. The third-order valence-corrected chi connectivity index (χ3v) is 4.36. The van der Waals surface area contributed by atoms with E-state index in [1.807, 2.05) is 0 Å². The third kappa shape index (κ3) is 2.94. The lowest BCUT2D eigenvalue weighted by Gasteiger charge is -2.36. The molecule has 0 aromatic heterocycles. The highest BCUT2D eigenvalue weighted by Gasteiger charge is 2.30. The average molecular weight is 211 g/mol. The zero-order valence-electron chi connectivity index (χ0n) is 9.91. The van der Waals surface area contributed by atoms with Gasteiger partial charge in [0, 0.05) is 6.54 Å². The molecule has 0 radical (unpaired) electrons. The SMILES string of the molecule is CC1CCC(C(O)C2CCCNC2)CC1. The largest absolute Gasteiger partial charge is 0.393 e. The summed E-state index contributed by atoms with van der Waals surface area (Å²) in [4.78, 5) is 0. The minimum Gasteiger partial charge on any atom is -0.393 e. The molecule has 0 aromatic rings. The van der Waals surface area contributed by atoms with Gasteiger partial charge in [0.15, 0.2) is 0 Å². The van der Waals surface area contributed by atoms with E-state index in [1.54, 1.807) is 0 Å². The second-order valence-electron chi connectivity index (χ2n) is 5.62. The first-order chi connectivity index (χ1) is 7.27. The molecule has 2 N–H and O–H groups in total. The van der Waals surface area contributed by atoms with Gasteiger partial charge in [0.05, 0.1) is 6.10 Å². The Balaban J connectivity index is 1.81. The molecule has 0 amide bonds. The Morgan fingerprint density at radius 3 is 2.40 bits per heavy atom. The molecular formula is C13H25NO. The highest BCUT2D eigenvalue weighted by Crippen LogP contribution is 2.34. The molecule has 1 aliphatic carbocycles. The molecule has 1 aliphatic heterocycles. The van der Waals surface area contributed by atoms with Crippen molar-refractivity contribution >= 4 is 0 Å². The van der Waals surface area contributed by atoms with Crippen molar-refractivity contribution in [2.75, 3.05) is 13.1 Å². The van der Waals surface area contributed by atoms with Crippen molar-refractivity contribution in [1.82, 2.24) is 5.32 Å². The standard InChI is InChI=1S/C13H25NO/c1-10-4-6-11(7-5-10)13(15)12-3-2-8-14-9-12/h10-15H,2-9H2,1H3. The molecule has 2 nitrogen and oxygen atoms in total. The summed E-state index contributed by atoms with van der Waals surface area (Å²) in [5, 5.41) is 13.7. The predicted molar refractivity (Wildman–Crippen MR) is 62.7 cm³/mol. The van der Waals surface area contributed by atoms with Crippen LogP contribution in [0.25, 0.3) is 0 Å². The summed E-state index contributed by atoms with van der Waals surface area (Å²) in [5.74, 6) is 2.00. The van der Waals surface area contributed by atoms with Gasteiger partial charge in [0.1, 0.15) is 0 Å². The predicted octanol–water partition coefficient (Wildman–Crippen LogP) is 2.17. The summed E-state index contributed by atoms with van der Waals surface area (Å²) in [5.41, 5.74) is 0. The van der Waals surface area contributed by atoms with Crippen molar-refractivity contribution < 1.29 is 5.11 Å². The molecule has 1 heterocycles. The number of rotatable bonds is 2. The van der Waals surface area contributed by atoms with E-state index in [1.165, 1.54) is 38.5 Å². The van der Waals surface area contributed by atoms with Crippen LogP contribution in [0.2, 0.25) is 0 Å². The summed E-state index contributed by atoms with van der Waals surface area (Å²) >= 11 is 0. The first-order valence-electron chi connectivity index (χ1n) is 6.66. The van der Waals surface area contributed by atoms with Gasteiger partial charge in [0.2, 0.25) is 0 Å². The van der Waals surface area contributed by atoms with Gasteiger partial charge in [-0.2, -0.15) is 0 Å². The Morgan fingerprint density at radius 1 is 1.07 bits per heavy atom. The van der Waals surface area contributed by atoms with Crippen LogP contribution in [0.4, 0.5) is 0 Å². The molecule has 0 spiro atoms. The fourth-order valence-electron chi connectivity index (χ4n) is 3.18. The summed E-state index contributed by atoms with van der Waals surface area (Å²) in [6.45, 7) is 4.52. The summed E-state index contributed by atoms with van der Waals surface area (Å²) in [7, 11) is 0. The van der Waals surface area contributed by atoms with Crippen LogP contribution in [0, 0.1) is 17.8 Å². The molecule has 2 unspecified atom stereocenters. The topological polar surface area (TPSA) is 32.3 Å². The van der Waals surface area contributed by atoms with Crippen molar-refractivity contribution in [3.8, 4) is 0 Å². The van der Waals surface area contributed by atoms with Gasteiger partial charge in [0.25, 0.3) is 0 Å². The van der Waals surface area contributed by atoms with Crippen LogP contribution in [0.3, 0.4) is 0 Å². The maximum atomic E-state index is 10.3. The zero-order valence-corrected chi connectivity index (χ0v) is 9.91. The molecule has 1 saturated carbocycles. The Kier molecular flexibility index (Phi) is 4.04. The van der Waals surface area contributed by atoms with E-state index in [4.69, 9.17) is 0 Å². The minimum absolute atomic E-state index is 0.0368. The number of hydrogen-bond acceptors (Lipinski definition) is 2. The van der Waals surface area contributed by atoms with Crippen LogP contribution in [-0.4, -0.2) is 24.3 Å². The number of aliphatic hydroxyl groups is 1. The molecule has 2 atom stereocenters. The highest BCUT2D eigenvalue weighted by atomic mass is 16.3. The Hall–Kier alpha value is -0.0800. The quantitative estimate of drug-likeness (QED) is 0.733. The molecule has 2 fully saturated rings. The van der Waals surface area contributed by atoms with Crippen LogP contribution in [0.5, 0.6) is 0 Å². The normalized spacial score (nSPS) is 40.0. The minimum atomic E-state index is -0.0368. The Morgan fingerprint density at radius 2 is 1.80 bits per heavy atom. The van der Waals surface area contributed by atoms with Crippen molar-refractivity contribution in [2.24, 2.45) is 17.8 Å². The summed E-state index contributed by atoms with van der Waals surface area (Å²) in [6, 6.07) is 0. The Labute approximate surface area is 93.5 Å². The van der Waals surface area contributed by atoms with E-state index in [0.717, 1.165) is 19.0 Å². The number of aliphatic hydroxyl groups excluding tert-OH is 1. The molecular weight excluding hydrogens is 186 g/mol. The lowest BCUT2D eigenvalue weighted by molar-refractivity contribution is 0.0184. The van der Waals surface area contributed by atoms with Crippen LogP contribution in [0.15, 0.2) is 0 Å². The average Bonchev–Trinajstić information content (AvgIpc) is 2.30. The van der Waals surface area contributed by atoms with E-state index in [0.29, 0.717) is 11.8 Å². The second kappa shape index (κ2) is 5.31. The van der Waals surface area contributed by atoms with Gasteiger partial charge in [-0.1, -0.05) is 19.8 Å². The van der Waals surface area contributed by atoms with Crippen molar-refractivity contribution in [3.05, 3.63) is 0 Å². The summed E-state index contributed by atoms with van der Waals surface area (Å²) < 4.78 is 0. The van der Waals surface area contributed by atoms with Crippen LogP contribution in [-0.2, 0) is 0 Å². The molecule has 88 valence electrons. The van der Waals surface area contributed by atoms with E-state index in [2.05, 4.69) is 12.2 Å². The van der Waals surface area contributed by atoms with E-state index >= 15 is 0 Å². The van der Waals surface area contributed by atoms with Gasteiger partial charge < -0.3 is 10.4 Å². The van der Waals surface area contributed by atoms with Crippen molar-refractivity contribution in [3.63, 3.8) is 0 Å². The molecule has 2 aliphatic rings. The van der Waals surface area contributed by atoms with Crippen LogP contribution in [0.1, 0.15) is 45.4 Å². The van der Waals surface area contributed by atoms with E-state index < -0.39 is 0 Å². The number of piperidine rings is 1. The fourth-order valence-corrected chi connectivity index (χ4v) is 3.18. The lowest BCUT2D eigenvalue weighted by Crippen LogP contribution is -2.41. The van der Waals surface area contributed by atoms with Crippen LogP contribution >= 0.6 is 0 Å². The Bertz CT molecular complexity index is 181. The number of hydrogen-bond donors (Lipinski definition) is 2. The first kappa shape index (κ1) is 11.4. The first-order valence-corrected chi connectivity index (χ1v) is 6.66. The zero-order chi connectivity index (χ0) is 10.7. The number of nitrogens with one attached hydrogen (secondary N) is 1. The summed E-state index contributed by atoms with van der Waals surface area (Å²) in [6.07, 6.45) is 7.57. The lowest BCUT2D eigenvalue weighted by atomic mass is 9.75. The maximum Gasteiger partial charge on any atom is 0.0608 e. The smallest absolute Gasteiger partial charge is 0.0608 e. The van der Waals surface area contributed by atoms with Gasteiger partial charge in [-0.15, -0.1) is 0 Å². The van der Waals surface area contributed by atoms with Crippen molar-refractivity contribution in [1.29, 1.82) is 0 Å². The van der Waals surface area contributed by atoms with Gasteiger partial charge in [-0.05, 0) is 50.0 Å². The molecule has 0 bridgehead atoms. The third-order valence-electron chi connectivity index (χ3n) is 4.36. The molecule has 1 saturated heterocycles. The van der Waals surface area contributed by atoms with E-state index in [9.17, 15) is 5.11 Å². The molecule has 0 aromatic carbocycles. The fraction of sp³-hybridized carbons (Fsp3) is 1.00. The monoisotopic (exact) mass is 211 g/mol.